The fourth-order valence-corrected chi connectivity index (χ4v) is 4.60. The SMILES string of the molecule is Cc1cccc(N(CC(=O)Nc2ccc(OC(F)(F)F)cc2)S(=O)(=O)c2ccccc2)c1C. The Morgan fingerprint density at radius 1 is 0.939 bits per heavy atom. The summed E-state index contributed by atoms with van der Waals surface area (Å²) in [6.45, 7) is 3.05. The molecule has 0 bridgehead atoms. The maximum absolute atomic E-state index is 13.4. The number of alkyl halides is 3. The van der Waals surface area contributed by atoms with Crippen LogP contribution in [0.1, 0.15) is 11.1 Å². The van der Waals surface area contributed by atoms with Gasteiger partial charge in [-0.3, -0.25) is 9.10 Å². The van der Waals surface area contributed by atoms with Crippen LogP contribution in [-0.4, -0.2) is 27.2 Å². The third-order valence-corrected chi connectivity index (χ3v) is 6.61. The van der Waals surface area contributed by atoms with Crippen LogP contribution in [-0.2, 0) is 14.8 Å². The number of nitrogens with one attached hydrogen (secondary N) is 1. The van der Waals surface area contributed by atoms with Crippen molar-refractivity contribution in [1.29, 1.82) is 0 Å². The molecule has 0 saturated carbocycles. The summed E-state index contributed by atoms with van der Waals surface area (Å²) >= 11 is 0. The summed E-state index contributed by atoms with van der Waals surface area (Å²) in [5.74, 6) is -1.11. The molecule has 3 rings (SSSR count). The van der Waals surface area contributed by atoms with Crippen molar-refractivity contribution in [1.82, 2.24) is 0 Å². The fourth-order valence-electron chi connectivity index (χ4n) is 3.10. The van der Waals surface area contributed by atoms with E-state index in [2.05, 4.69) is 10.1 Å². The van der Waals surface area contributed by atoms with Crippen LogP contribution in [0.25, 0.3) is 0 Å². The van der Waals surface area contributed by atoms with E-state index in [0.717, 1.165) is 22.0 Å². The molecule has 1 N–H and O–H groups in total. The maximum Gasteiger partial charge on any atom is 0.573 e. The Labute approximate surface area is 189 Å². The minimum Gasteiger partial charge on any atom is -0.406 e. The van der Waals surface area contributed by atoms with E-state index in [4.69, 9.17) is 0 Å². The van der Waals surface area contributed by atoms with Gasteiger partial charge in [0.05, 0.1) is 10.6 Å². The molecule has 0 aliphatic carbocycles. The molecular weight excluding hydrogens is 457 g/mol. The van der Waals surface area contributed by atoms with Gasteiger partial charge in [-0.25, -0.2) is 8.42 Å². The molecule has 33 heavy (non-hydrogen) atoms. The van der Waals surface area contributed by atoms with Gasteiger partial charge in [-0.05, 0) is 67.4 Å². The molecule has 0 saturated heterocycles. The molecule has 1 amide bonds. The highest BCUT2D eigenvalue weighted by Crippen LogP contribution is 2.29. The first-order chi connectivity index (χ1) is 15.5. The molecule has 0 heterocycles. The van der Waals surface area contributed by atoms with Crippen molar-refractivity contribution in [3.63, 3.8) is 0 Å². The summed E-state index contributed by atoms with van der Waals surface area (Å²) in [5, 5.41) is 2.51. The van der Waals surface area contributed by atoms with Gasteiger partial charge in [0, 0.05) is 5.69 Å². The Hall–Kier alpha value is -3.53. The molecule has 174 valence electrons. The van der Waals surface area contributed by atoms with Crippen LogP contribution in [0.2, 0.25) is 0 Å². The molecule has 0 unspecified atom stereocenters. The molecule has 0 radical (unpaired) electrons. The second-order valence-electron chi connectivity index (χ2n) is 7.16. The molecule has 0 atom stereocenters. The number of sulfonamides is 1. The highest BCUT2D eigenvalue weighted by Gasteiger charge is 2.31. The largest absolute Gasteiger partial charge is 0.573 e. The molecule has 0 fully saturated rings. The van der Waals surface area contributed by atoms with Gasteiger partial charge in [0.1, 0.15) is 12.3 Å². The second-order valence-corrected chi connectivity index (χ2v) is 9.03. The van der Waals surface area contributed by atoms with E-state index >= 15 is 0 Å². The molecule has 0 aromatic heterocycles. The van der Waals surface area contributed by atoms with Crippen LogP contribution in [0.15, 0.2) is 77.7 Å². The van der Waals surface area contributed by atoms with Crippen LogP contribution in [0.5, 0.6) is 5.75 Å². The number of hydrogen-bond donors (Lipinski definition) is 1. The Morgan fingerprint density at radius 2 is 1.58 bits per heavy atom. The Morgan fingerprint density at radius 3 is 2.18 bits per heavy atom. The van der Waals surface area contributed by atoms with Crippen molar-refractivity contribution in [2.45, 2.75) is 25.1 Å². The highest BCUT2D eigenvalue weighted by molar-refractivity contribution is 7.92. The lowest BCUT2D eigenvalue weighted by Crippen LogP contribution is -2.38. The van der Waals surface area contributed by atoms with Crippen LogP contribution in [0.3, 0.4) is 0 Å². The fraction of sp³-hybridized carbons (Fsp3) is 0.174. The molecule has 0 aliphatic heterocycles. The number of ether oxygens (including phenoxy) is 1. The number of anilines is 2. The Bertz CT molecular complexity index is 1230. The molecule has 6 nitrogen and oxygen atoms in total. The third-order valence-electron chi connectivity index (χ3n) is 4.83. The summed E-state index contributed by atoms with van der Waals surface area (Å²) in [6.07, 6.45) is -4.83. The summed E-state index contributed by atoms with van der Waals surface area (Å²) in [7, 11) is -4.08. The van der Waals surface area contributed by atoms with E-state index in [0.29, 0.717) is 11.3 Å². The number of rotatable bonds is 7. The van der Waals surface area contributed by atoms with Gasteiger partial charge >= 0.3 is 6.36 Å². The zero-order valence-electron chi connectivity index (χ0n) is 17.8. The predicted octanol–water partition coefficient (Wildman–Crippen LogP) is 5.04. The van der Waals surface area contributed by atoms with Crippen molar-refractivity contribution >= 4 is 27.3 Å². The zero-order valence-corrected chi connectivity index (χ0v) is 18.6. The molecule has 3 aromatic rings. The first-order valence-electron chi connectivity index (χ1n) is 9.77. The van der Waals surface area contributed by atoms with Crippen LogP contribution < -0.4 is 14.4 Å². The molecule has 0 spiro atoms. The van der Waals surface area contributed by atoms with E-state index in [1.807, 2.05) is 13.0 Å². The maximum atomic E-state index is 13.4. The number of benzene rings is 3. The summed E-state index contributed by atoms with van der Waals surface area (Å²) in [5.41, 5.74) is 2.08. The van der Waals surface area contributed by atoms with E-state index in [1.165, 1.54) is 24.3 Å². The predicted molar refractivity (Wildman–Crippen MR) is 119 cm³/mol. The average molecular weight is 478 g/mol. The summed E-state index contributed by atoms with van der Waals surface area (Å²) < 4.78 is 68.5. The van der Waals surface area contributed by atoms with Crippen LogP contribution in [0, 0.1) is 13.8 Å². The monoisotopic (exact) mass is 478 g/mol. The van der Waals surface area contributed by atoms with Crippen LogP contribution in [0.4, 0.5) is 24.5 Å². The topological polar surface area (TPSA) is 75.7 Å². The standard InChI is InChI=1S/C23H21F3N2O4S/c1-16-7-6-10-21(17(16)2)28(33(30,31)20-8-4-3-5-9-20)15-22(29)27-18-11-13-19(14-12-18)32-23(24,25)26/h3-14H,15H2,1-2H3,(H,27,29). The van der Waals surface area contributed by atoms with E-state index in [1.54, 1.807) is 37.3 Å². The van der Waals surface area contributed by atoms with Gasteiger partial charge in [-0.1, -0.05) is 30.3 Å². The van der Waals surface area contributed by atoms with Gasteiger partial charge in [0.25, 0.3) is 10.0 Å². The number of aryl methyl sites for hydroxylation is 1. The number of halogens is 3. The summed E-state index contributed by atoms with van der Waals surface area (Å²) in [4.78, 5) is 12.8. The summed E-state index contributed by atoms with van der Waals surface area (Å²) in [6, 6.07) is 17.4. The number of nitrogens with zero attached hydrogens (tertiary/aromatic N) is 1. The lowest BCUT2D eigenvalue weighted by molar-refractivity contribution is -0.274. The lowest BCUT2D eigenvalue weighted by Gasteiger charge is -2.26. The second kappa shape index (κ2) is 9.53. The first-order valence-corrected chi connectivity index (χ1v) is 11.2. The zero-order chi connectivity index (χ0) is 24.2. The number of carbonyl (C=O) groups excluding carboxylic acids is 1. The van der Waals surface area contributed by atoms with E-state index in [-0.39, 0.29) is 10.6 Å². The van der Waals surface area contributed by atoms with Gasteiger partial charge in [0.15, 0.2) is 0 Å². The molecule has 0 aliphatic rings. The Balaban J connectivity index is 1.88. The number of carbonyl (C=O) groups is 1. The normalized spacial score (nSPS) is 11.7. The lowest BCUT2D eigenvalue weighted by atomic mass is 10.1. The van der Waals surface area contributed by atoms with Gasteiger partial charge < -0.3 is 10.1 Å². The number of hydrogen-bond acceptors (Lipinski definition) is 4. The van der Waals surface area contributed by atoms with Crippen LogP contribution >= 0.6 is 0 Å². The van der Waals surface area contributed by atoms with Gasteiger partial charge in [-0.15, -0.1) is 13.2 Å². The smallest absolute Gasteiger partial charge is 0.406 e. The van der Waals surface area contributed by atoms with Crippen molar-refractivity contribution < 1.29 is 31.1 Å². The third kappa shape index (κ3) is 6.04. The van der Waals surface area contributed by atoms with Gasteiger partial charge in [0.2, 0.25) is 5.91 Å². The quantitative estimate of drug-likeness (QED) is 0.517. The molecule has 10 heteroatoms. The first kappa shape index (κ1) is 24.1. The van der Waals surface area contributed by atoms with Crippen molar-refractivity contribution in [3.8, 4) is 5.75 Å². The van der Waals surface area contributed by atoms with E-state index in [9.17, 15) is 26.4 Å². The van der Waals surface area contributed by atoms with Crippen molar-refractivity contribution in [3.05, 3.63) is 83.9 Å². The van der Waals surface area contributed by atoms with Crippen molar-refractivity contribution in [2.24, 2.45) is 0 Å². The van der Waals surface area contributed by atoms with Gasteiger partial charge in [-0.2, -0.15) is 0 Å². The minimum absolute atomic E-state index is 0.0207. The molecule has 3 aromatic carbocycles. The Kier molecular flexibility index (Phi) is 6.97. The molecular formula is C23H21F3N2O4S. The average Bonchev–Trinajstić information content (AvgIpc) is 2.75. The van der Waals surface area contributed by atoms with Crippen molar-refractivity contribution in [2.75, 3.05) is 16.2 Å². The number of amides is 1. The minimum atomic E-state index is -4.83. The van der Waals surface area contributed by atoms with E-state index < -0.39 is 34.6 Å². The highest BCUT2D eigenvalue weighted by atomic mass is 32.2.